The zero-order valence-electron chi connectivity index (χ0n) is 27.9. The van der Waals surface area contributed by atoms with Gasteiger partial charge in [-0.05, 0) is 75.5 Å². The van der Waals surface area contributed by atoms with Crippen LogP contribution in [0, 0.1) is 0 Å². The van der Waals surface area contributed by atoms with Crippen molar-refractivity contribution in [1.82, 2.24) is 29.7 Å². The number of nitrogens with zero attached hydrogens (tertiary/aromatic N) is 8. The minimum absolute atomic E-state index is 0.00357. The van der Waals surface area contributed by atoms with E-state index < -0.39 is 6.03 Å². The summed E-state index contributed by atoms with van der Waals surface area (Å²) in [6.45, 7) is 8.35. The van der Waals surface area contributed by atoms with Crippen LogP contribution in [0.2, 0.25) is 0 Å². The molecule has 3 fully saturated rings. The third-order valence-corrected chi connectivity index (χ3v) is 9.10. The number of hydrogen-bond acceptors (Lipinski definition) is 10. The average molecular weight is 657 g/mol. The number of rotatable bonds is 7. The van der Waals surface area contributed by atoms with Gasteiger partial charge in [0.1, 0.15) is 0 Å². The molecule has 2 aromatic carbocycles. The second-order valence-electron chi connectivity index (χ2n) is 12.6. The number of ether oxygens (including phenoxy) is 1. The topological polar surface area (TPSA) is 139 Å². The van der Waals surface area contributed by atoms with Gasteiger partial charge in [0.15, 0.2) is 5.82 Å². The summed E-state index contributed by atoms with van der Waals surface area (Å²) in [4.78, 5) is 62.4. The zero-order chi connectivity index (χ0) is 33.6. The first kappa shape index (κ1) is 33.1. The fourth-order valence-electron chi connectivity index (χ4n) is 6.18. The molecular weight excluding hydrogens is 612 g/mol. The van der Waals surface area contributed by atoms with E-state index in [1.54, 1.807) is 31.2 Å². The van der Waals surface area contributed by atoms with Crippen molar-refractivity contribution >= 4 is 41.1 Å². The van der Waals surface area contributed by atoms with Crippen molar-refractivity contribution in [1.29, 1.82) is 0 Å². The Labute approximate surface area is 281 Å². The van der Waals surface area contributed by atoms with Crippen molar-refractivity contribution in [3.63, 3.8) is 0 Å². The Bertz CT molecular complexity index is 1590. The number of urea groups is 1. The number of carbonyl (C=O) groups excluding carboxylic acids is 3. The highest BCUT2D eigenvalue weighted by atomic mass is 16.5. The van der Waals surface area contributed by atoms with Gasteiger partial charge in [0.05, 0.1) is 13.2 Å². The first-order chi connectivity index (χ1) is 23.2. The molecule has 2 N–H and O–H groups in total. The van der Waals surface area contributed by atoms with E-state index in [2.05, 4.69) is 25.3 Å². The number of anilines is 4. The molecule has 4 amide bonds. The molecule has 0 bridgehead atoms. The number of amides is 4. The molecule has 0 aliphatic carbocycles. The van der Waals surface area contributed by atoms with Crippen molar-refractivity contribution < 1.29 is 19.1 Å². The fraction of sp³-hybridized carbons (Fsp3) is 0.471. The van der Waals surface area contributed by atoms with Gasteiger partial charge in [0.25, 0.3) is 5.91 Å². The van der Waals surface area contributed by atoms with E-state index in [0.717, 1.165) is 38.0 Å². The normalized spacial score (nSPS) is 18.5. The van der Waals surface area contributed by atoms with Crippen molar-refractivity contribution in [3.05, 3.63) is 54.1 Å². The number of carbonyl (C=O) groups is 3. The SMILES string of the molecule is CC(=O)N1CCCN(c2nc(-c3ccc(NC(=O)Nc4ccc(C(=O)N5CCC(N(C)C)C5)cc4)cc3)nc(N3CCOCC3)n2)CC1. The summed E-state index contributed by atoms with van der Waals surface area (Å²) >= 11 is 0. The molecule has 4 heterocycles. The lowest BCUT2D eigenvalue weighted by Gasteiger charge is -2.28. The Balaban J connectivity index is 1.11. The summed E-state index contributed by atoms with van der Waals surface area (Å²) in [5.41, 5.74) is 2.58. The molecule has 3 aliphatic rings. The molecule has 48 heavy (non-hydrogen) atoms. The van der Waals surface area contributed by atoms with Crippen LogP contribution in [0.3, 0.4) is 0 Å². The number of likely N-dealkylation sites (tertiary alicyclic amines) is 1. The van der Waals surface area contributed by atoms with Gasteiger partial charge in [-0.3, -0.25) is 9.59 Å². The van der Waals surface area contributed by atoms with Crippen molar-refractivity contribution in [3.8, 4) is 11.4 Å². The highest BCUT2D eigenvalue weighted by Crippen LogP contribution is 2.25. The smallest absolute Gasteiger partial charge is 0.323 e. The lowest BCUT2D eigenvalue weighted by Crippen LogP contribution is -2.38. The molecule has 0 saturated carbocycles. The second-order valence-corrected chi connectivity index (χ2v) is 12.6. The molecule has 14 heteroatoms. The molecule has 254 valence electrons. The highest BCUT2D eigenvalue weighted by molar-refractivity contribution is 6.00. The largest absolute Gasteiger partial charge is 0.378 e. The maximum Gasteiger partial charge on any atom is 0.323 e. The van der Waals surface area contributed by atoms with E-state index in [1.807, 2.05) is 48.2 Å². The van der Waals surface area contributed by atoms with E-state index in [9.17, 15) is 14.4 Å². The summed E-state index contributed by atoms with van der Waals surface area (Å²) in [7, 11) is 4.07. The van der Waals surface area contributed by atoms with Gasteiger partial charge in [-0.2, -0.15) is 15.0 Å². The van der Waals surface area contributed by atoms with Gasteiger partial charge < -0.3 is 39.9 Å². The van der Waals surface area contributed by atoms with Crippen LogP contribution in [0.5, 0.6) is 0 Å². The highest BCUT2D eigenvalue weighted by Gasteiger charge is 2.28. The molecule has 3 aromatic rings. The van der Waals surface area contributed by atoms with E-state index in [1.165, 1.54) is 0 Å². The molecule has 6 rings (SSSR count). The number of nitrogens with one attached hydrogen (secondary N) is 2. The van der Waals surface area contributed by atoms with Gasteiger partial charge in [0.2, 0.25) is 17.8 Å². The van der Waals surface area contributed by atoms with E-state index in [0.29, 0.717) is 86.6 Å². The van der Waals surface area contributed by atoms with Crippen LogP contribution in [0.15, 0.2) is 48.5 Å². The predicted molar refractivity (Wildman–Crippen MR) is 184 cm³/mol. The molecule has 14 nitrogen and oxygen atoms in total. The van der Waals surface area contributed by atoms with E-state index in [-0.39, 0.29) is 11.8 Å². The number of benzene rings is 2. The number of hydrogen-bond donors (Lipinski definition) is 2. The van der Waals surface area contributed by atoms with Crippen LogP contribution in [-0.4, -0.2) is 133 Å². The van der Waals surface area contributed by atoms with Crippen LogP contribution in [-0.2, 0) is 9.53 Å². The predicted octanol–water partition coefficient (Wildman–Crippen LogP) is 2.85. The van der Waals surface area contributed by atoms with Gasteiger partial charge in [-0.15, -0.1) is 0 Å². The van der Waals surface area contributed by atoms with Gasteiger partial charge in [-0.1, -0.05) is 0 Å². The molecule has 1 atom stereocenters. The molecule has 3 aliphatic heterocycles. The molecule has 1 aromatic heterocycles. The standard InChI is InChI=1S/C34H44N10O4/c1-24(45)41-14-4-15-42(18-17-41)32-37-30(38-33(39-32)43-19-21-48-22-20-43)25-5-9-27(10-6-25)35-34(47)36-28-11-7-26(8-12-28)31(46)44-16-13-29(23-44)40(2)3/h5-12,29H,4,13-23H2,1-3H3,(H2,35,36,47). The maximum atomic E-state index is 12.9. The van der Waals surface area contributed by atoms with E-state index in [4.69, 9.17) is 19.7 Å². The minimum atomic E-state index is -0.395. The molecule has 1 unspecified atom stereocenters. The molecule has 3 saturated heterocycles. The summed E-state index contributed by atoms with van der Waals surface area (Å²) in [5, 5.41) is 5.70. The Morgan fingerprint density at radius 1 is 0.750 bits per heavy atom. The Morgan fingerprint density at radius 2 is 1.38 bits per heavy atom. The van der Waals surface area contributed by atoms with Crippen molar-refractivity contribution in [2.45, 2.75) is 25.8 Å². The summed E-state index contributed by atoms with van der Waals surface area (Å²) in [6, 6.07) is 14.3. The van der Waals surface area contributed by atoms with Crippen LogP contribution in [0.25, 0.3) is 11.4 Å². The summed E-state index contributed by atoms with van der Waals surface area (Å²) in [5.74, 6) is 1.79. The third-order valence-electron chi connectivity index (χ3n) is 9.10. The Kier molecular flexibility index (Phi) is 10.3. The first-order valence-corrected chi connectivity index (χ1v) is 16.6. The third kappa shape index (κ3) is 8.00. The lowest BCUT2D eigenvalue weighted by molar-refractivity contribution is -0.128. The van der Waals surface area contributed by atoms with E-state index >= 15 is 0 Å². The summed E-state index contributed by atoms with van der Waals surface area (Å²) in [6.07, 6.45) is 1.79. The lowest BCUT2D eigenvalue weighted by atomic mass is 10.2. The minimum Gasteiger partial charge on any atom is -0.378 e. The first-order valence-electron chi connectivity index (χ1n) is 16.6. The molecule has 0 radical (unpaired) electrons. The van der Waals surface area contributed by atoms with Crippen molar-refractivity contribution in [2.24, 2.45) is 0 Å². The van der Waals surface area contributed by atoms with Crippen molar-refractivity contribution in [2.75, 3.05) is 100 Å². The Morgan fingerprint density at radius 3 is 1.98 bits per heavy atom. The number of likely N-dealkylation sites (N-methyl/N-ethyl adjacent to an activating group) is 1. The second kappa shape index (κ2) is 14.9. The monoisotopic (exact) mass is 656 g/mol. The van der Waals surface area contributed by atoms with Crippen LogP contribution < -0.4 is 20.4 Å². The number of morpholine rings is 1. The fourth-order valence-corrected chi connectivity index (χ4v) is 6.18. The average Bonchev–Trinajstić information content (AvgIpc) is 3.47. The number of aromatic nitrogens is 3. The van der Waals surface area contributed by atoms with Gasteiger partial charge in [-0.25, -0.2) is 4.79 Å². The van der Waals surface area contributed by atoms with Crippen LogP contribution in [0.1, 0.15) is 30.1 Å². The summed E-state index contributed by atoms with van der Waals surface area (Å²) < 4.78 is 5.54. The van der Waals surface area contributed by atoms with Gasteiger partial charge in [0, 0.05) is 87.8 Å². The zero-order valence-corrected chi connectivity index (χ0v) is 27.9. The van der Waals surface area contributed by atoms with Crippen LogP contribution in [0.4, 0.5) is 28.1 Å². The Hall–Kier alpha value is -4.82. The molecule has 0 spiro atoms. The van der Waals surface area contributed by atoms with Gasteiger partial charge >= 0.3 is 6.03 Å². The van der Waals surface area contributed by atoms with Crippen LogP contribution >= 0.6 is 0 Å². The quantitative estimate of drug-likeness (QED) is 0.390. The molecular formula is C34H44N10O4. The maximum absolute atomic E-state index is 12.9.